The first-order chi connectivity index (χ1) is 22.1. The average Bonchev–Trinajstić information content (AvgIpc) is 3.59. The van der Waals surface area contributed by atoms with Crippen LogP contribution in [0.2, 0.25) is 10.0 Å². The molecule has 0 unspecified atom stereocenters. The quantitative estimate of drug-likeness (QED) is 0.303. The molecule has 2 amide bonds. The van der Waals surface area contributed by atoms with Crippen molar-refractivity contribution in [2.45, 2.75) is 62.8 Å². The zero-order valence-corrected chi connectivity index (χ0v) is 27.6. The van der Waals surface area contributed by atoms with Gasteiger partial charge in [-0.15, -0.1) is 0 Å². The number of fused-ring (bicyclic) bond motifs is 1. The molecule has 3 aliphatic rings. The van der Waals surface area contributed by atoms with E-state index in [1.807, 2.05) is 40.8 Å². The van der Waals surface area contributed by atoms with Crippen molar-refractivity contribution in [2.75, 3.05) is 38.7 Å². The van der Waals surface area contributed by atoms with Crippen LogP contribution in [0.1, 0.15) is 48.0 Å². The first-order valence-electron chi connectivity index (χ1n) is 15.8. The van der Waals surface area contributed by atoms with Crippen LogP contribution < -0.4 is 5.32 Å². The molecule has 1 aromatic heterocycles. The summed E-state index contributed by atoms with van der Waals surface area (Å²) in [5, 5.41) is 13.7. The van der Waals surface area contributed by atoms with Gasteiger partial charge in [0.15, 0.2) is 0 Å². The highest BCUT2D eigenvalue weighted by molar-refractivity contribution is 6.36. The predicted octanol–water partition coefficient (Wildman–Crippen LogP) is 5.24. The lowest BCUT2D eigenvalue weighted by Crippen LogP contribution is -2.56. The maximum atomic E-state index is 13.8. The maximum Gasteiger partial charge on any atom is 0.306 e. The van der Waals surface area contributed by atoms with E-state index >= 15 is 0 Å². The van der Waals surface area contributed by atoms with Gasteiger partial charge in [0, 0.05) is 62.0 Å². The zero-order chi connectivity index (χ0) is 32.5. The second-order valence-corrected chi connectivity index (χ2v) is 13.6. The summed E-state index contributed by atoms with van der Waals surface area (Å²) in [6, 6.07) is 11.0. The molecule has 0 bridgehead atoms. The molecule has 2 aromatic carbocycles. The number of likely N-dealkylation sites (tertiary alicyclic amines) is 2. The van der Waals surface area contributed by atoms with E-state index in [0.29, 0.717) is 65.7 Å². The number of hydrogen-bond donors (Lipinski definition) is 2. The minimum absolute atomic E-state index is 0.00152. The van der Waals surface area contributed by atoms with Crippen molar-refractivity contribution in [1.29, 1.82) is 0 Å². The third-order valence-corrected chi connectivity index (χ3v) is 10.5. The van der Waals surface area contributed by atoms with Gasteiger partial charge in [0.2, 0.25) is 5.91 Å². The molecule has 0 spiro atoms. The number of carboxylic acid groups (broad SMARTS) is 1. The van der Waals surface area contributed by atoms with Crippen LogP contribution in [0.25, 0.3) is 10.9 Å². The standard InChI is InChI=1S/C34H40Cl2N4O6/c1-38-18-27(26-5-3-4-6-31(26)38)33(42)37-30-14-28(35)21(11-29(30)36)12-32(41)40-15-22(39-16-25(17-39)45-2)13-23(40)19-46-24-9-7-20(8-10-24)34(43)44/h3-6,11,14,18,20,22-25H,7-10,12-13,15-17,19H2,1-2H3,(H,37,42)(H,43,44)/t20?,22-,23-,24?/m0/s1. The summed E-state index contributed by atoms with van der Waals surface area (Å²) in [6.45, 7) is 2.66. The SMILES string of the molecule is COC1CN([C@H]2C[C@@H](COC3CCC(C(=O)O)CC3)N(C(=O)Cc3cc(Cl)c(NC(=O)c4cn(C)c5ccccc45)cc3Cl)C2)C1. The second kappa shape index (κ2) is 13.9. The Hall–Kier alpha value is -3.15. The van der Waals surface area contributed by atoms with E-state index < -0.39 is 5.97 Å². The number of aryl methyl sites for hydroxylation is 1. The van der Waals surface area contributed by atoms with Gasteiger partial charge >= 0.3 is 5.97 Å². The van der Waals surface area contributed by atoms with Crippen molar-refractivity contribution < 1.29 is 29.0 Å². The number of amides is 2. The van der Waals surface area contributed by atoms with Crippen LogP contribution in [0, 0.1) is 5.92 Å². The molecule has 1 aliphatic carbocycles. The molecule has 10 nitrogen and oxygen atoms in total. The normalized spacial score (nSPS) is 23.9. The molecule has 0 radical (unpaired) electrons. The summed E-state index contributed by atoms with van der Waals surface area (Å²) >= 11 is 13.3. The van der Waals surface area contributed by atoms with Crippen molar-refractivity contribution in [1.82, 2.24) is 14.4 Å². The molecular formula is C34H40Cl2N4O6. The third kappa shape index (κ3) is 6.92. The lowest BCUT2D eigenvalue weighted by atomic mass is 9.87. The van der Waals surface area contributed by atoms with E-state index in [0.717, 1.165) is 30.4 Å². The predicted molar refractivity (Wildman–Crippen MR) is 177 cm³/mol. The number of carboxylic acids is 1. The van der Waals surface area contributed by atoms with Gasteiger partial charge in [-0.2, -0.15) is 0 Å². The number of rotatable bonds is 10. The fraction of sp³-hybridized carbons (Fsp3) is 0.500. The van der Waals surface area contributed by atoms with Crippen LogP contribution in [-0.4, -0.2) is 94.9 Å². The number of anilines is 1. The first kappa shape index (κ1) is 32.8. The molecule has 2 N–H and O–H groups in total. The number of nitrogens with one attached hydrogen (secondary N) is 1. The van der Waals surface area contributed by atoms with Crippen LogP contribution in [0.15, 0.2) is 42.6 Å². The van der Waals surface area contributed by atoms with Gasteiger partial charge in [-0.05, 0) is 55.9 Å². The molecular weight excluding hydrogens is 631 g/mol. The number of hydrogen-bond acceptors (Lipinski definition) is 6. The van der Waals surface area contributed by atoms with E-state index in [-0.39, 0.29) is 48.4 Å². The minimum Gasteiger partial charge on any atom is -0.481 e. The first-order valence-corrected chi connectivity index (χ1v) is 16.6. The van der Waals surface area contributed by atoms with Crippen molar-refractivity contribution >= 4 is 57.6 Å². The van der Waals surface area contributed by atoms with E-state index in [4.69, 9.17) is 32.7 Å². The van der Waals surface area contributed by atoms with E-state index in [1.54, 1.807) is 25.4 Å². The highest BCUT2D eigenvalue weighted by Gasteiger charge is 2.42. The van der Waals surface area contributed by atoms with Gasteiger partial charge in [-0.3, -0.25) is 19.3 Å². The van der Waals surface area contributed by atoms with Crippen LogP contribution in [0.4, 0.5) is 5.69 Å². The van der Waals surface area contributed by atoms with Gasteiger partial charge in [0.25, 0.3) is 5.91 Å². The van der Waals surface area contributed by atoms with E-state index in [1.165, 1.54) is 0 Å². The Kier molecular flexibility index (Phi) is 9.91. The zero-order valence-electron chi connectivity index (χ0n) is 26.1. The lowest BCUT2D eigenvalue weighted by Gasteiger charge is -2.42. The maximum absolute atomic E-state index is 13.8. The Morgan fingerprint density at radius 2 is 1.74 bits per heavy atom. The highest BCUT2D eigenvalue weighted by atomic mass is 35.5. The molecule has 46 heavy (non-hydrogen) atoms. The molecule has 6 rings (SSSR count). The van der Waals surface area contributed by atoms with Crippen molar-refractivity contribution in [2.24, 2.45) is 13.0 Å². The van der Waals surface area contributed by atoms with Gasteiger partial charge in [0.1, 0.15) is 0 Å². The summed E-state index contributed by atoms with van der Waals surface area (Å²) in [4.78, 5) is 42.6. The molecule has 12 heteroatoms. The van der Waals surface area contributed by atoms with E-state index in [2.05, 4.69) is 10.2 Å². The van der Waals surface area contributed by atoms with Crippen LogP contribution in [0.5, 0.6) is 0 Å². The van der Waals surface area contributed by atoms with Crippen LogP contribution >= 0.6 is 23.2 Å². The summed E-state index contributed by atoms with van der Waals surface area (Å²) in [5.74, 6) is -1.41. The number of aliphatic carboxylic acids is 1. The van der Waals surface area contributed by atoms with E-state index in [9.17, 15) is 19.5 Å². The Morgan fingerprint density at radius 1 is 1.00 bits per heavy atom. The highest BCUT2D eigenvalue weighted by Crippen LogP contribution is 2.34. The second-order valence-electron chi connectivity index (χ2n) is 12.8. The fourth-order valence-electron chi connectivity index (χ4n) is 7.06. The van der Waals surface area contributed by atoms with Gasteiger partial charge < -0.3 is 29.4 Å². The van der Waals surface area contributed by atoms with Crippen molar-refractivity contribution in [3.8, 4) is 0 Å². The fourth-order valence-corrected chi connectivity index (χ4v) is 7.52. The Balaban J connectivity index is 1.12. The van der Waals surface area contributed by atoms with Crippen molar-refractivity contribution in [3.63, 3.8) is 0 Å². The molecule has 2 atom stereocenters. The molecule has 3 aromatic rings. The van der Waals surface area contributed by atoms with Gasteiger partial charge in [0.05, 0.1) is 53.5 Å². The van der Waals surface area contributed by atoms with Gasteiger partial charge in [-0.1, -0.05) is 41.4 Å². The minimum atomic E-state index is -0.739. The molecule has 2 aliphatic heterocycles. The summed E-state index contributed by atoms with van der Waals surface area (Å²) in [5.41, 5.74) is 2.42. The number of aromatic nitrogens is 1. The molecule has 2 saturated heterocycles. The number of nitrogens with zero attached hydrogens (tertiary/aromatic N) is 3. The number of methoxy groups -OCH3 is 1. The Labute approximate surface area is 278 Å². The summed E-state index contributed by atoms with van der Waals surface area (Å²) in [7, 11) is 3.61. The van der Waals surface area contributed by atoms with Gasteiger partial charge in [-0.25, -0.2) is 0 Å². The summed E-state index contributed by atoms with van der Waals surface area (Å²) < 4.78 is 13.7. The number of ether oxygens (including phenoxy) is 2. The monoisotopic (exact) mass is 670 g/mol. The molecule has 1 saturated carbocycles. The summed E-state index contributed by atoms with van der Waals surface area (Å²) in [6.07, 6.45) is 5.48. The number of halogens is 2. The largest absolute Gasteiger partial charge is 0.481 e. The lowest BCUT2D eigenvalue weighted by molar-refractivity contribution is -0.144. The average molecular weight is 672 g/mol. The number of benzene rings is 2. The Morgan fingerprint density at radius 3 is 2.46 bits per heavy atom. The van der Waals surface area contributed by atoms with Crippen molar-refractivity contribution in [3.05, 3.63) is 63.8 Å². The number of para-hydroxylation sites is 1. The molecule has 246 valence electrons. The molecule has 3 fully saturated rings. The Bertz CT molecular complexity index is 1610. The smallest absolute Gasteiger partial charge is 0.306 e. The van der Waals surface area contributed by atoms with Crippen LogP contribution in [-0.2, 0) is 32.5 Å². The number of carbonyl (C=O) groups excluding carboxylic acids is 2. The van der Waals surface area contributed by atoms with Crippen LogP contribution in [0.3, 0.4) is 0 Å². The number of carbonyl (C=O) groups is 3. The third-order valence-electron chi connectivity index (χ3n) is 9.85. The molecule has 3 heterocycles. The topological polar surface area (TPSA) is 113 Å².